The Morgan fingerprint density at radius 1 is 1.22 bits per heavy atom. The number of imide groups is 1. The zero-order valence-corrected chi connectivity index (χ0v) is 15.3. The Kier molecular flexibility index (Phi) is 4.73. The minimum atomic E-state index is -0.990. The first-order valence-electron chi connectivity index (χ1n) is 8.52. The molecular formula is C19H20N2O6. The number of carbonyl (C=O) groups excluding carboxylic acids is 4. The third kappa shape index (κ3) is 3.55. The summed E-state index contributed by atoms with van der Waals surface area (Å²) in [5.74, 6) is -1.38. The number of hydrogen-bond donors (Lipinski definition) is 1. The number of aryl methyl sites for hydroxylation is 1. The van der Waals surface area contributed by atoms with E-state index in [2.05, 4.69) is 5.32 Å². The van der Waals surface area contributed by atoms with E-state index in [1.165, 1.54) is 0 Å². The second-order valence-corrected chi connectivity index (χ2v) is 6.90. The molecule has 0 bridgehead atoms. The maximum atomic E-state index is 12.3. The number of ketones is 1. The molecule has 27 heavy (non-hydrogen) atoms. The Hall–Kier alpha value is -3.16. The van der Waals surface area contributed by atoms with Crippen molar-refractivity contribution < 1.29 is 28.3 Å². The van der Waals surface area contributed by atoms with E-state index in [-0.39, 0.29) is 18.7 Å². The van der Waals surface area contributed by atoms with Gasteiger partial charge in [-0.15, -0.1) is 0 Å². The molecule has 8 heteroatoms. The summed E-state index contributed by atoms with van der Waals surface area (Å²) in [5, 5.41) is 3.35. The van der Waals surface area contributed by atoms with Crippen LogP contribution in [0.2, 0.25) is 0 Å². The van der Waals surface area contributed by atoms with Gasteiger partial charge in [-0.25, -0.2) is 4.79 Å². The molecule has 8 nitrogen and oxygen atoms in total. The molecule has 1 N–H and O–H groups in total. The van der Waals surface area contributed by atoms with Crippen LogP contribution < -0.4 is 5.32 Å². The molecule has 0 spiro atoms. The minimum absolute atomic E-state index is 0.106. The van der Waals surface area contributed by atoms with Gasteiger partial charge in [0.2, 0.25) is 5.78 Å². The molecule has 1 aromatic heterocycles. The van der Waals surface area contributed by atoms with Crippen molar-refractivity contribution in [2.75, 3.05) is 13.2 Å². The highest BCUT2D eigenvalue weighted by Gasteiger charge is 2.44. The molecule has 1 fully saturated rings. The molecule has 0 radical (unpaired) electrons. The summed E-state index contributed by atoms with van der Waals surface area (Å²) in [6, 6.07) is 6.69. The third-order valence-electron chi connectivity index (χ3n) is 4.45. The van der Waals surface area contributed by atoms with Gasteiger partial charge in [-0.2, -0.15) is 0 Å². The van der Waals surface area contributed by atoms with Gasteiger partial charge in [-0.3, -0.25) is 19.3 Å². The van der Waals surface area contributed by atoms with Gasteiger partial charge in [0.25, 0.3) is 5.91 Å². The number of rotatable bonds is 6. The highest BCUT2D eigenvalue weighted by atomic mass is 16.5. The van der Waals surface area contributed by atoms with Crippen LogP contribution >= 0.6 is 0 Å². The molecular weight excluding hydrogens is 352 g/mol. The largest absolute Gasteiger partial charge is 0.457 e. The Morgan fingerprint density at radius 2 is 1.93 bits per heavy atom. The predicted molar refractivity (Wildman–Crippen MR) is 95.2 cm³/mol. The number of carbonyl (C=O) groups is 4. The zero-order valence-electron chi connectivity index (χ0n) is 15.3. The van der Waals surface area contributed by atoms with Gasteiger partial charge in [-0.05, 0) is 26.8 Å². The van der Waals surface area contributed by atoms with E-state index < -0.39 is 35.8 Å². The van der Waals surface area contributed by atoms with Crippen LogP contribution in [0, 0.1) is 6.92 Å². The van der Waals surface area contributed by atoms with E-state index in [1.807, 2.05) is 12.1 Å². The van der Waals surface area contributed by atoms with Crippen molar-refractivity contribution in [1.29, 1.82) is 0 Å². The van der Waals surface area contributed by atoms with E-state index in [0.717, 1.165) is 10.3 Å². The van der Waals surface area contributed by atoms with Crippen molar-refractivity contribution in [3.05, 3.63) is 35.6 Å². The molecule has 0 atom stereocenters. The number of urea groups is 1. The highest BCUT2D eigenvalue weighted by Crippen LogP contribution is 2.25. The molecule has 3 rings (SSSR count). The molecule has 2 heterocycles. The molecule has 3 amide bonds. The van der Waals surface area contributed by atoms with Gasteiger partial charge in [0, 0.05) is 17.5 Å². The Labute approximate surface area is 155 Å². The van der Waals surface area contributed by atoms with Crippen LogP contribution in [0.3, 0.4) is 0 Å². The van der Waals surface area contributed by atoms with Crippen molar-refractivity contribution in [3.63, 3.8) is 0 Å². The van der Waals surface area contributed by atoms with E-state index in [1.54, 1.807) is 32.9 Å². The van der Waals surface area contributed by atoms with Crippen molar-refractivity contribution >= 4 is 34.7 Å². The number of esters is 1. The summed E-state index contributed by atoms with van der Waals surface area (Å²) in [6.07, 6.45) is -0.193. The first-order chi connectivity index (χ1) is 12.7. The summed E-state index contributed by atoms with van der Waals surface area (Å²) in [4.78, 5) is 49.0. The summed E-state index contributed by atoms with van der Waals surface area (Å²) in [7, 11) is 0. The zero-order chi connectivity index (χ0) is 19.8. The lowest BCUT2D eigenvalue weighted by molar-refractivity contribution is -0.143. The van der Waals surface area contributed by atoms with Gasteiger partial charge in [-0.1, -0.05) is 18.2 Å². The van der Waals surface area contributed by atoms with Crippen LogP contribution in [0.1, 0.15) is 36.4 Å². The quantitative estimate of drug-likeness (QED) is 0.473. The molecule has 1 saturated heterocycles. The lowest BCUT2D eigenvalue weighted by Gasteiger charge is -2.15. The summed E-state index contributed by atoms with van der Waals surface area (Å²) in [6.45, 7) is 4.36. The number of ether oxygens (including phenoxy) is 1. The monoisotopic (exact) mass is 372 g/mol. The molecule has 1 aliphatic rings. The molecule has 2 aromatic rings. The highest BCUT2D eigenvalue weighted by molar-refractivity contribution is 6.06. The van der Waals surface area contributed by atoms with Gasteiger partial charge in [0.1, 0.15) is 11.1 Å². The fourth-order valence-corrected chi connectivity index (χ4v) is 2.95. The van der Waals surface area contributed by atoms with E-state index in [4.69, 9.17) is 9.15 Å². The topological polar surface area (TPSA) is 106 Å². The maximum Gasteiger partial charge on any atom is 0.325 e. The molecule has 0 aliphatic carbocycles. The molecule has 142 valence electrons. The minimum Gasteiger partial charge on any atom is -0.457 e. The molecule has 0 unspecified atom stereocenters. The number of furan rings is 1. The van der Waals surface area contributed by atoms with Crippen molar-refractivity contribution in [1.82, 2.24) is 10.2 Å². The lowest BCUT2D eigenvalue weighted by Crippen LogP contribution is -2.40. The Balaban J connectivity index is 1.54. The van der Waals surface area contributed by atoms with E-state index in [9.17, 15) is 19.2 Å². The average Bonchev–Trinajstić information content (AvgIpc) is 3.05. The van der Waals surface area contributed by atoms with Crippen molar-refractivity contribution in [3.8, 4) is 0 Å². The van der Waals surface area contributed by atoms with E-state index >= 15 is 0 Å². The van der Waals surface area contributed by atoms with Gasteiger partial charge in [0.15, 0.2) is 12.4 Å². The number of para-hydroxylation sites is 1. The molecule has 0 saturated carbocycles. The van der Waals surface area contributed by atoms with Crippen molar-refractivity contribution in [2.24, 2.45) is 0 Å². The van der Waals surface area contributed by atoms with Crippen LogP contribution in [-0.4, -0.2) is 47.3 Å². The maximum absolute atomic E-state index is 12.3. The first-order valence-corrected chi connectivity index (χ1v) is 8.52. The van der Waals surface area contributed by atoms with Crippen LogP contribution in [-0.2, 0) is 14.3 Å². The second kappa shape index (κ2) is 6.86. The van der Waals surface area contributed by atoms with Crippen LogP contribution in [0.15, 0.2) is 28.7 Å². The van der Waals surface area contributed by atoms with Gasteiger partial charge in [0.05, 0.1) is 6.42 Å². The third-order valence-corrected chi connectivity index (χ3v) is 4.45. The van der Waals surface area contributed by atoms with Crippen LogP contribution in [0.25, 0.3) is 11.0 Å². The van der Waals surface area contributed by atoms with Crippen molar-refractivity contribution in [2.45, 2.75) is 32.7 Å². The van der Waals surface area contributed by atoms with Gasteiger partial charge >= 0.3 is 12.0 Å². The fraction of sp³-hybridized carbons (Fsp3) is 0.368. The molecule has 1 aliphatic heterocycles. The van der Waals surface area contributed by atoms with Crippen LogP contribution in [0.5, 0.6) is 0 Å². The SMILES string of the molecule is Cc1c(C(=O)COC(=O)CCN2C(=O)NC(C)(C)C2=O)oc2ccccc12. The number of Topliss-reactive ketones (excluding diaryl/α,β-unsaturated/α-hetero) is 1. The summed E-state index contributed by atoms with van der Waals surface area (Å²) < 4.78 is 10.5. The smallest absolute Gasteiger partial charge is 0.325 e. The summed E-state index contributed by atoms with van der Waals surface area (Å²) >= 11 is 0. The summed E-state index contributed by atoms with van der Waals surface area (Å²) in [5.41, 5.74) is 0.287. The second-order valence-electron chi connectivity index (χ2n) is 6.90. The Bertz CT molecular complexity index is 943. The lowest BCUT2D eigenvalue weighted by atomic mass is 10.1. The average molecular weight is 372 g/mol. The number of fused-ring (bicyclic) bond motifs is 1. The van der Waals surface area contributed by atoms with Gasteiger partial charge < -0.3 is 14.5 Å². The number of hydrogen-bond acceptors (Lipinski definition) is 6. The number of nitrogens with zero attached hydrogens (tertiary/aromatic N) is 1. The number of benzene rings is 1. The van der Waals surface area contributed by atoms with Crippen LogP contribution in [0.4, 0.5) is 4.79 Å². The number of amides is 3. The van der Waals surface area contributed by atoms with E-state index in [0.29, 0.717) is 11.1 Å². The first kappa shape index (κ1) is 18.6. The Morgan fingerprint density at radius 3 is 2.56 bits per heavy atom. The molecule has 1 aromatic carbocycles. The number of nitrogens with one attached hydrogen (secondary N) is 1. The standard InChI is InChI=1S/C19H20N2O6/c1-11-12-6-4-5-7-14(12)27-16(11)13(22)10-26-15(23)8-9-21-17(24)19(2,3)20-18(21)25/h4-7H,8-10H2,1-3H3,(H,20,25). The fourth-order valence-electron chi connectivity index (χ4n) is 2.95. The predicted octanol–water partition coefficient (Wildman–Crippen LogP) is 2.19. The normalized spacial score (nSPS) is 15.9.